The third kappa shape index (κ3) is 2.87. The highest BCUT2D eigenvalue weighted by Crippen LogP contribution is 2.42. The van der Waals surface area contributed by atoms with Crippen LogP contribution < -0.4 is 4.74 Å². The molecule has 0 saturated carbocycles. The molecule has 1 saturated heterocycles. The highest BCUT2D eigenvalue weighted by molar-refractivity contribution is 9.10. The third-order valence-corrected chi connectivity index (χ3v) is 5.30. The van der Waals surface area contributed by atoms with Crippen molar-refractivity contribution >= 4 is 15.9 Å². The largest absolute Gasteiger partial charge is 0.493 e. The molecule has 0 aromatic heterocycles. The first-order valence-corrected chi connectivity index (χ1v) is 8.66. The summed E-state index contributed by atoms with van der Waals surface area (Å²) in [6, 6.07) is 16.5. The van der Waals surface area contributed by atoms with Crippen LogP contribution in [0.3, 0.4) is 0 Å². The van der Waals surface area contributed by atoms with Crippen molar-refractivity contribution < 1.29 is 4.74 Å². The summed E-state index contributed by atoms with van der Waals surface area (Å²) in [6.07, 6.45) is 0. The zero-order chi connectivity index (χ0) is 15.8. The molecule has 23 heavy (non-hydrogen) atoms. The molecular formula is C19H17BrN2O. The van der Waals surface area contributed by atoms with E-state index in [1.807, 2.05) is 18.2 Å². The SMILES string of the molecule is N#Cc1ccc2c(c1)C1CN(Cc3cccc(Br)c3)CC1CO2. The maximum Gasteiger partial charge on any atom is 0.122 e. The Hall–Kier alpha value is -1.83. The zero-order valence-electron chi connectivity index (χ0n) is 12.7. The van der Waals surface area contributed by atoms with Crippen molar-refractivity contribution in [2.45, 2.75) is 12.5 Å². The normalized spacial score (nSPS) is 22.8. The Kier molecular flexibility index (Phi) is 3.84. The van der Waals surface area contributed by atoms with Crippen LogP contribution in [0.15, 0.2) is 46.9 Å². The molecule has 2 aromatic rings. The monoisotopic (exact) mass is 368 g/mol. The lowest BCUT2D eigenvalue weighted by molar-refractivity contribution is 0.212. The molecule has 4 rings (SSSR count). The van der Waals surface area contributed by atoms with Gasteiger partial charge < -0.3 is 4.74 Å². The van der Waals surface area contributed by atoms with Gasteiger partial charge in [-0.1, -0.05) is 28.1 Å². The number of likely N-dealkylation sites (tertiary alicyclic amines) is 1. The van der Waals surface area contributed by atoms with Gasteiger partial charge in [0.15, 0.2) is 0 Å². The average Bonchev–Trinajstić information content (AvgIpc) is 2.97. The molecular weight excluding hydrogens is 352 g/mol. The van der Waals surface area contributed by atoms with Crippen LogP contribution in [0, 0.1) is 17.2 Å². The third-order valence-electron chi connectivity index (χ3n) is 4.80. The lowest BCUT2D eigenvalue weighted by Crippen LogP contribution is -2.25. The smallest absolute Gasteiger partial charge is 0.122 e. The number of ether oxygens (including phenoxy) is 1. The summed E-state index contributed by atoms with van der Waals surface area (Å²) in [6.45, 7) is 3.81. The van der Waals surface area contributed by atoms with Gasteiger partial charge >= 0.3 is 0 Å². The van der Waals surface area contributed by atoms with Crippen LogP contribution in [0.1, 0.15) is 22.6 Å². The Bertz CT molecular complexity index is 783. The molecule has 3 nitrogen and oxygen atoms in total. The van der Waals surface area contributed by atoms with E-state index in [0.717, 1.165) is 42.0 Å². The second-order valence-corrected chi connectivity index (χ2v) is 7.28. The molecule has 0 N–H and O–H groups in total. The number of benzene rings is 2. The van der Waals surface area contributed by atoms with Crippen LogP contribution in [0.5, 0.6) is 5.75 Å². The fourth-order valence-electron chi connectivity index (χ4n) is 3.74. The van der Waals surface area contributed by atoms with E-state index in [2.05, 4.69) is 51.2 Å². The van der Waals surface area contributed by atoms with Crippen molar-refractivity contribution in [1.29, 1.82) is 5.26 Å². The van der Waals surface area contributed by atoms with E-state index < -0.39 is 0 Å². The first-order chi connectivity index (χ1) is 11.2. The van der Waals surface area contributed by atoms with Crippen LogP contribution in [-0.4, -0.2) is 24.6 Å². The highest BCUT2D eigenvalue weighted by Gasteiger charge is 2.38. The van der Waals surface area contributed by atoms with Gasteiger partial charge in [0.25, 0.3) is 0 Å². The summed E-state index contributed by atoms with van der Waals surface area (Å²) < 4.78 is 7.03. The summed E-state index contributed by atoms with van der Waals surface area (Å²) in [7, 11) is 0. The van der Waals surface area contributed by atoms with Crippen molar-refractivity contribution in [2.24, 2.45) is 5.92 Å². The molecule has 2 unspecified atom stereocenters. The minimum absolute atomic E-state index is 0.471. The van der Waals surface area contributed by atoms with E-state index in [1.54, 1.807) is 0 Å². The number of hydrogen-bond donors (Lipinski definition) is 0. The topological polar surface area (TPSA) is 36.3 Å². The average molecular weight is 369 g/mol. The fraction of sp³-hybridized carbons (Fsp3) is 0.316. The molecule has 116 valence electrons. The first kappa shape index (κ1) is 14.7. The number of nitrogens with zero attached hydrogens (tertiary/aromatic N) is 2. The molecule has 2 aliphatic heterocycles. The minimum atomic E-state index is 0.471. The number of nitriles is 1. The molecule has 2 aromatic carbocycles. The van der Waals surface area contributed by atoms with Crippen LogP contribution in [0.25, 0.3) is 0 Å². The Morgan fingerprint density at radius 3 is 2.96 bits per heavy atom. The molecule has 0 amide bonds. The van der Waals surface area contributed by atoms with Crippen LogP contribution in [0.2, 0.25) is 0 Å². The van der Waals surface area contributed by atoms with Crippen LogP contribution >= 0.6 is 15.9 Å². The number of rotatable bonds is 2. The maximum absolute atomic E-state index is 9.15. The summed E-state index contributed by atoms with van der Waals surface area (Å²) in [5.41, 5.74) is 3.25. The Morgan fingerprint density at radius 2 is 2.13 bits per heavy atom. The predicted octanol–water partition coefficient (Wildman–Crippen LogP) is 3.93. The van der Waals surface area contributed by atoms with Gasteiger partial charge in [0.05, 0.1) is 18.2 Å². The van der Waals surface area contributed by atoms with E-state index in [-0.39, 0.29) is 0 Å². The van der Waals surface area contributed by atoms with Crippen molar-refractivity contribution in [2.75, 3.05) is 19.7 Å². The lowest BCUT2D eigenvalue weighted by Gasteiger charge is -2.27. The maximum atomic E-state index is 9.15. The highest BCUT2D eigenvalue weighted by atomic mass is 79.9. The van der Waals surface area contributed by atoms with Crippen molar-refractivity contribution in [3.05, 3.63) is 63.6 Å². The van der Waals surface area contributed by atoms with E-state index in [0.29, 0.717) is 11.8 Å². The van der Waals surface area contributed by atoms with Crippen molar-refractivity contribution in [1.82, 2.24) is 4.90 Å². The molecule has 0 bridgehead atoms. The molecule has 0 radical (unpaired) electrons. The molecule has 0 aliphatic carbocycles. The first-order valence-electron chi connectivity index (χ1n) is 7.86. The van der Waals surface area contributed by atoms with Gasteiger partial charge in [-0.3, -0.25) is 4.90 Å². The molecule has 2 heterocycles. The molecule has 1 fully saturated rings. The Morgan fingerprint density at radius 1 is 1.22 bits per heavy atom. The fourth-order valence-corrected chi connectivity index (χ4v) is 4.19. The summed E-state index contributed by atoms with van der Waals surface area (Å²) >= 11 is 3.54. The van der Waals surface area contributed by atoms with Gasteiger partial charge in [-0.2, -0.15) is 5.26 Å². The second-order valence-electron chi connectivity index (χ2n) is 6.37. The van der Waals surface area contributed by atoms with E-state index in [1.165, 1.54) is 11.1 Å². The standard InChI is InChI=1S/C19H17BrN2O/c20-16-3-1-2-14(6-16)9-22-10-15-12-23-19-5-4-13(8-21)7-17(19)18(15)11-22/h1-7,15,18H,9-12H2. The molecule has 2 aliphatic rings. The Labute approximate surface area is 144 Å². The molecule has 2 atom stereocenters. The van der Waals surface area contributed by atoms with Gasteiger partial charge in [-0.15, -0.1) is 0 Å². The minimum Gasteiger partial charge on any atom is -0.493 e. The summed E-state index contributed by atoms with van der Waals surface area (Å²) in [5, 5.41) is 9.15. The van der Waals surface area contributed by atoms with Gasteiger partial charge in [0.2, 0.25) is 0 Å². The molecule has 4 heteroatoms. The Balaban J connectivity index is 1.56. The van der Waals surface area contributed by atoms with Gasteiger partial charge in [0.1, 0.15) is 5.75 Å². The van der Waals surface area contributed by atoms with Crippen molar-refractivity contribution in [3.63, 3.8) is 0 Å². The number of hydrogen-bond acceptors (Lipinski definition) is 3. The predicted molar refractivity (Wildman–Crippen MR) is 92.3 cm³/mol. The second kappa shape index (κ2) is 5.99. The van der Waals surface area contributed by atoms with Gasteiger partial charge in [-0.25, -0.2) is 0 Å². The van der Waals surface area contributed by atoms with Crippen LogP contribution in [-0.2, 0) is 6.54 Å². The number of fused-ring (bicyclic) bond motifs is 3. The zero-order valence-corrected chi connectivity index (χ0v) is 14.3. The van der Waals surface area contributed by atoms with Gasteiger partial charge in [0, 0.05) is 41.5 Å². The lowest BCUT2D eigenvalue weighted by atomic mass is 9.86. The summed E-state index contributed by atoms with van der Waals surface area (Å²) in [5.74, 6) is 1.94. The van der Waals surface area contributed by atoms with Crippen LogP contribution in [0.4, 0.5) is 0 Å². The summed E-state index contributed by atoms with van der Waals surface area (Å²) in [4.78, 5) is 2.49. The van der Waals surface area contributed by atoms with E-state index >= 15 is 0 Å². The van der Waals surface area contributed by atoms with Crippen molar-refractivity contribution in [3.8, 4) is 11.8 Å². The molecule has 0 spiro atoms. The number of halogens is 1. The van der Waals surface area contributed by atoms with Gasteiger partial charge in [-0.05, 0) is 35.9 Å². The quantitative estimate of drug-likeness (QED) is 0.805. The van der Waals surface area contributed by atoms with E-state index in [9.17, 15) is 0 Å². The van der Waals surface area contributed by atoms with E-state index in [4.69, 9.17) is 10.00 Å².